The third-order valence-electron chi connectivity index (χ3n) is 3.45. The number of rotatable bonds is 3. The molecule has 3 heteroatoms. The second-order valence-electron chi connectivity index (χ2n) is 4.54. The minimum Gasteiger partial charge on any atom is -0.326 e. The van der Waals surface area contributed by atoms with Crippen LogP contribution in [0.5, 0.6) is 0 Å². The molecule has 2 nitrogen and oxygen atoms in total. The van der Waals surface area contributed by atoms with Crippen molar-refractivity contribution in [1.29, 1.82) is 0 Å². The Kier molecular flexibility index (Phi) is 3.56. The summed E-state index contributed by atoms with van der Waals surface area (Å²) in [6.45, 7) is 1.52. The summed E-state index contributed by atoms with van der Waals surface area (Å²) in [5, 5.41) is 0. The molecule has 1 saturated heterocycles. The summed E-state index contributed by atoms with van der Waals surface area (Å²) in [6, 6.07) is 7.59. The van der Waals surface area contributed by atoms with E-state index in [4.69, 9.17) is 5.73 Å². The van der Waals surface area contributed by atoms with E-state index in [-0.39, 0.29) is 6.04 Å². The van der Waals surface area contributed by atoms with Gasteiger partial charge in [0.05, 0.1) is 0 Å². The largest absolute Gasteiger partial charge is 0.326 e. The van der Waals surface area contributed by atoms with Crippen molar-refractivity contribution in [3.63, 3.8) is 0 Å². The van der Waals surface area contributed by atoms with Gasteiger partial charge in [-0.1, -0.05) is 24.3 Å². The van der Waals surface area contributed by atoms with Crippen LogP contribution in [0, 0.1) is 0 Å². The van der Waals surface area contributed by atoms with Crippen LogP contribution in [0.3, 0.4) is 0 Å². The molecule has 2 atom stereocenters. The second-order valence-corrected chi connectivity index (χ2v) is 4.54. The molecule has 0 aliphatic carbocycles. The van der Waals surface area contributed by atoms with Gasteiger partial charge in [-0.2, -0.15) is 0 Å². The van der Waals surface area contributed by atoms with Gasteiger partial charge >= 0.3 is 0 Å². The fraction of sp³-hybridized carbons (Fsp3) is 0.538. The number of hydrogen-bond donors (Lipinski definition) is 1. The molecule has 0 bridgehead atoms. The van der Waals surface area contributed by atoms with Crippen molar-refractivity contribution >= 4 is 0 Å². The van der Waals surface area contributed by atoms with Gasteiger partial charge in [-0.15, -0.1) is 0 Å². The van der Waals surface area contributed by atoms with Crippen molar-refractivity contribution < 1.29 is 4.39 Å². The average Bonchev–Trinajstić information content (AvgIpc) is 2.75. The van der Waals surface area contributed by atoms with Gasteiger partial charge in [0.1, 0.15) is 6.17 Å². The number of halogens is 1. The second kappa shape index (κ2) is 4.93. The molecular formula is C13H19FN2. The molecule has 0 spiro atoms. The van der Waals surface area contributed by atoms with E-state index in [0.717, 1.165) is 30.5 Å². The Hall–Kier alpha value is -0.930. The molecule has 2 unspecified atom stereocenters. The first-order valence-electron chi connectivity index (χ1n) is 5.85. The average molecular weight is 222 g/mol. The first-order valence-corrected chi connectivity index (χ1v) is 5.85. The molecule has 1 fully saturated rings. The smallest absolute Gasteiger partial charge is 0.141 e. The number of nitrogens with two attached hydrogens (primary N) is 1. The van der Waals surface area contributed by atoms with Gasteiger partial charge in [-0.05, 0) is 37.6 Å². The van der Waals surface area contributed by atoms with Gasteiger partial charge in [-0.3, -0.25) is 0 Å². The van der Waals surface area contributed by atoms with Crippen molar-refractivity contribution in [2.24, 2.45) is 5.73 Å². The molecule has 1 aromatic rings. The third-order valence-corrected chi connectivity index (χ3v) is 3.45. The molecule has 2 rings (SSSR count). The van der Waals surface area contributed by atoms with E-state index in [0.29, 0.717) is 6.54 Å². The van der Waals surface area contributed by atoms with Crippen LogP contribution in [-0.4, -0.2) is 24.5 Å². The maximum atomic E-state index is 14.3. The Labute approximate surface area is 96.2 Å². The van der Waals surface area contributed by atoms with E-state index in [2.05, 4.69) is 4.90 Å². The zero-order valence-corrected chi connectivity index (χ0v) is 9.70. The normalized spacial score (nSPS) is 23.6. The predicted molar refractivity (Wildman–Crippen MR) is 63.8 cm³/mol. The Bertz CT molecular complexity index is 336. The lowest BCUT2D eigenvalue weighted by Crippen LogP contribution is -2.29. The van der Waals surface area contributed by atoms with Crippen molar-refractivity contribution in [2.45, 2.75) is 31.6 Å². The first kappa shape index (κ1) is 11.6. The van der Waals surface area contributed by atoms with Crippen LogP contribution in [-0.2, 0) is 6.54 Å². The van der Waals surface area contributed by atoms with Crippen LogP contribution in [0.4, 0.5) is 4.39 Å². The summed E-state index contributed by atoms with van der Waals surface area (Å²) in [7, 11) is 2.00. The molecule has 2 N–H and O–H groups in total. The Morgan fingerprint density at radius 3 is 2.62 bits per heavy atom. The lowest BCUT2D eigenvalue weighted by molar-refractivity contribution is 0.174. The highest BCUT2D eigenvalue weighted by atomic mass is 19.1. The Morgan fingerprint density at radius 1 is 1.44 bits per heavy atom. The van der Waals surface area contributed by atoms with Crippen LogP contribution in [0.1, 0.15) is 30.1 Å². The zero-order valence-electron chi connectivity index (χ0n) is 9.70. The van der Waals surface area contributed by atoms with E-state index >= 15 is 0 Å². The van der Waals surface area contributed by atoms with Crippen LogP contribution in [0.15, 0.2) is 24.3 Å². The van der Waals surface area contributed by atoms with Gasteiger partial charge in [0.2, 0.25) is 0 Å². The highest BCUT2D eigenvalue weighted by Gasteiger charge is 2.30. The van der Waals surface area contributed by atoms with Crippen molar-refractivity contribution in [3.05, 3.63) is 35.4 Å². The highest BCUT2D eigenvalue weighted by Crippen LogP contribution is 2.31. The number of hydrogen-bond acceptors (Lipinski definition) is 2. The molecule has 1 heterocycles. The monoisotopic (exact) mass is 222 g/mol. The van der Waals surface area contributed by atoms with Crippen molar-refractivity contribution in [1.82, 2.24) is 4.90 Å². The molecule has 0 amide bonds. The summed E-state index contributed by atoms with van der Waals surface area (Å²) in [5.41, 5.74) is 7.34. The van der Waals surface area contributed by atoms with Crippen LogP contribution in [0.25, 0.3) is 0 Å². The molecular weight excluding hydrogens is 203 g/mol. The molecule has 0 aromatic heterocycles. The van der Waals surface area contributed by atoms with Gasteiger partial charge in [0.15, 0.2) is 0 Å². The van der Waals surface area contributed by atoms with E-state index in [1.165, 1.54) is 0 Å². The molecule has 1 aliphatic rings. The van der Waals surface area contributed by atoms with Crippen LogP contribution in [0.2, 0.25) is 0 Å². The van der Waals surface area contributed by atoms with Crippen molar-refractivity contribution in [2.75, 3.05) is 13.6 Å². The highest BCUT2D eigenvalue weighted by molar-refractivity contribution is 5.25. The zero-order chi connectivity index (χ0) is 11.5. The standard InChI is InChI=1S/C13H19FN2/c1-16-8-2-3-12(16)13(14)11-6-4-10(9-15)5-7-11/h4-7,12-13H,2-3,8-9,15H2,1H3. The summed E-state index contributed by atoms with van der Waals surface area (Å²) < 4.78 is 14.3. The molecule has 88 valence electrons. The summed E-state index contributed by atoms with van der Waals surface area (Å²) >= 11 is 0. The fourth-order valence-electron chi connectivity index (χ4n) is 2.37. The topological polar surface area (TPSA) is 29.3 Å². The molecule has 0 radical (unpaired) electrons. The quantitative estimate of drug-likeness (QED) is 0.850. The van der Waals surface area contributed by atoms with Gasteiger partial charge in [-0.25, -0.2) is 4.39 Å². The third kappa shape index (κ3) is 2.25. The maximum Gasteiger partial charge on any atom is 0.141 e. The molecule has 1 aromatic carbocycles. The minimum atomic E-state index is -0.876. The van der Waals surface area contributed by atoms with Crippen LogP contribution >= 0.6 is 0 Å². The molecule has 16 heavy (non-hydrogen) atoms. The number of likely N-dealkylation sites (tertiary alicyclic amines) is 1. The summed E-state index contributed by atoms with van der Waals surface area (Å²) in [4.78, 5) is 2.11. The lowest BCUT2D eigenvalue weighted by Gasteiger charge is -2.23. The first-order chi connectivity index (χ1) is 7.72. The van der Waals surface area contributed by atoms with E-state index < -0.39 is 6.17 Å². The van der Waals surface area contributed by atoms with E-state index in [9.17, 15) is 4.39 Å². The fourth-order valence-corrected chi connectivity index (χ4v) is 2.37. The van der Waals surface area contributed by atoms with E-state index in [1.807, 2.05) is 31.3 Å². The molecule has 0 saturated carbocycles. The summed E-state index contributed by atoms with van der Waals surface area (Å²) in [6.07, 6.45) is 1.18. The molecule has 1 aliphatic heterocycles. The lowest BCUT2D eigenvalue weighted by atomic mass is 10.0. The van der Waals surface area contributed by atoms with Gasteiger partial charge in [0, 0.05) is 12.6 Å². The number of nitrogens with zero attached hydrogens (tertiary/aromatic N) is 1. The Morgan fingerprint density at radius 2 is 2.12 bits per heavy atom. The maximum absolute atomic E-state index is 14.3. The number of benzene rings is 1. The van der Waals surface area contributed by atoms with Crippen molar-refractivity contribution in [3.8, 4) is 0 Å². The SMILES string of the molecule is CN1CCCC1C(F)c1ccc(CN)cc1. The number of likely N-dealkylation sites (N-methyl/N-ethyl adjacent to an activating group) is 1. The number of alkyl halides is 1. The van der Waals surface area contributed by atoms with Crippen LogP contribution < -0.4 is 5.73 Å². The Balaban J connectivity index is 2.10. The van der Waals surface area contributed by atoms with Gasteiger partial charge in [0.25, 0.3) is 0 Å². The minimum absolute atomic E-state index is 0.0451. The van der Waals surface area contributed by atoms with E-state index in [1.54, 1.807) is 0 Å². The van der Waals surface area contributed by atoms with Gasteiger partial charge < -0.3 is 10.6 Å². The predicted octanol–water partition coefficient (Wildman–Crippen LogP) is 2.25. The summed E-state index contributed by atoms with van der Waals surface area (Å²) in [5.74, 6) is 0.